The summed E-state index contributed by atoms with van der Waals surface area (Å²) in [6, 6.07) is 20.4. The third-order valence-electron chi connectivity index (χ3n) is 6.02. The summed E-state index contributed by atoms with van der Waals surface area (Å²) in [5, 5.41) is 12.0. The highest BCUT2D eigenvalue weighted by Gasteiger charge is 2.16. The van der Waals surface area contributed by atoms with Gasteiger partial charge in [-0.2, -0.15) is 0 Å². The van der Waals surface area contributed by atoms with E-state index < -0.39 is 12.3 Å². The summed E-state index contributed by atoms with van der Waals surface area (Å²) in [6.45, 7) is 2.03. The summed E-state index contributed by atoms with van der Waals surface area (Å²) in [7, 11) is 0. The van der Waals surface area contributed by atoms with Crippen molar-refractivity contribution in [3.8, 4) is 22.9 Å². The van der Waals surface area contributed by atoms with Gasteiger partial charge in [-0.25, -0.2) is 9.37 Å². The zero-order valence-electron chi connectivity index (χ0n) is 19.0. The van der Waals surface area contributed by atoms with Gasteiger partial charge in [0, 0.05) is 34.6 Å². The smallest absolute Gasteiger partial charge is 0.159 e. The Morgan fingerprint density at radius 2 is 1.97 bits per heavy atom. The lowest BCUT2D eigenvalue weighted by Gasteiger charge is -2.11. The highest BCUT2D eigenvalue weighted by Crippen LogP contribution is 2.32. The minimum Gasteiger partial charge on any atom is -0.457 e. The molecule has 2 atom stereocenters. The van der Waals surface area contributed by atoms with Crippen molar-refractivity contribution < 1.29 is 19.0 Å². The second-order valence-electron chi connectivity index (χ2n) is 8.45. The number of aldehydes is 1. The number of alkyl halides is 1. The van der Waals surface area contributed by atoms with Gasteiger partial charge in [0.15, 0.2) is 12.5 Å². The van der Waals surface area contributed by atoms with Gasteiger partial charge in [-0.15, -0.1) is 0 Å². The summed E-state index contributed by atoms with van der Waals surface area (Å²) in [4.78, 5) is 21.4. The maximum absolute atomic E-state index is 13.5. The molecule has 0 fully saturated rings. The molecule has 0 aliphatic heterocycles. The van der Waals surface area contributed by atoms with Crippen LogP contribution in [-0.4, -0.2) is 32.5 Å². The zero-order chi connectivity index (χ0) is 24.4. The Kier molecular flexibility index (Phi) is 6.16. The largest absolute Gasteiger partial charge is 0.457 e. The number of ether oxygens (including phenoxy) is 1. The van der Waals surface area contributed by atoms with Crippen molar-refractivity contribution in [1.29, 1.82) is 0 Å². The van der Waals surface area contributed by atoms with Crippen molar-refractivity contribution in [3.05, 3.63) is 102 Å². The van der Waals surface area contributed by atoms with Gasteiger partial charge in [0.2, 0.25) is 0 Å². The molecule has 6 nitrogen and oxygen atoms in total. The first-order valence-electron chi connectivity index (χ1n) is 11.3. The molecule has 0 saturated heterocycles. The average molecular weight is 470 g/mol. The SMILES string of the molecule is Cc1c(Oc2cccc(-c3ncc(C(O)c4cccc(CC(F)C=O)c4)[nH]3)c2)ccc2[nH]ccc12. The number of nitrogens with one attached hydrogen (secondary N) is 2. The van der Waals surface area contributed by atoms with Gasteiger partial charge in [-0.05, 0) is 48.4 Å². The number of nitrogens with zero attached hydrogens (tertiary/aromatic N) is 1. The molecule has 2 unspecified atom stereocenters. The number of halogens is 1. The van der Waals surface area contributed by atoms with Crippen LogP contribution in [0.3, 0.4) is 0 Å². The predicted molar refractivity (Wildman–Crippen MR) is 132 cm³/mol. The summed E-state index contributed by atoms with van der Waals surface area (Å²) in [6.07, 6.45) is 1.20. The first-order valence-corrected chi connectivity index (χ1v) is 11.3. The number of rotatable bonds is 8. The molecule has 2 aromatic heterocycles. The van der Waals surface area contributed by atoms with Crippen LogP contribution in [0.2, 0.25) is 0 Å². The van der Waals surface area contributed by atoms with Gasteiger partial charge in [0.25, 0.3) is 0 Å². The monoisotopic (exact) mass is 469 g/mol. The van der Waals surface area contributed by atoms with E-state index in [1.165, 1.54) is 0 Å². The molecular weight excluding hydrogens is 445 g/mol. The lowest BCUT2D eigenvalue weighted by molar-refractivity contribution is -0.111. The van der Waals surface area contributed by atoms with E-state index in [-0.39, 0.29) is 12.7 Å². The maximum atomic E-state index is 13.5. The zero-order valence-corrected chi connectivity index (χ0v) is 19.0. The number of carbonyl (C=O) groups excluding carboxylic acids is 1. The van der Waals surface area contributed by atoms with Gasteiger partial charge < -0.3 is 24.6 Å². The predicted octanol–water partition coefficient (Wildman–Crippen LogP) is 5.82. The van der Waals surface area contributed by atoms with Crippen molar-refractivity contribution in [1.82, 2.24) is 15.0 Å². The number of aromatic amines is 2. The molecule has 3 aromatic carbocycles. The van der Waals surface area contributed by atoms with E-state index in [1.807, 2.05) is 55.6 Å². The van der Waals surface area contributed by atoms with Crippen LogP contribution in [-0.2, 0) is 11.2 Å². The van der Waals surface area contributed by atoms with E-state index in [1.54, 1.807) is 30.5 Å². The van der Waals surface area contributed by atoms with Crippen LogP contribution in [0.5, 0.6) is 11.5 Å². The summed E-state index contributed by atoms with van der Waals surface area (Å²) in [5.41, 5.74) is 4.64. The first kappa shape index (κ1) is 22.6. The Morgan fingerprint density at radius 3 is 2.83 bits per heavy atom. The Morgan fingerprint density at radius 1 is 1.11 bits per heavy atom. The number of H-pyrrole nitrogens is 2. The van der Waals surface area contributed by atoms with Crippen molar-refractivity contribution in [3.63, 3.8) is 0 Å². The number of aryl methyl sites for hydroxylation is 1. The minimum atomic E-state index is -1.57. The molecule has 0 amide bonds. The average Bonchev–Trinajstić information content (AvgIpc) is 3.56. The molecule has 5 rings (SSSR count). The van der Waals surface area contributed by atoms with Crippen molar-refractivity contribution in [2.75, 3.05) is 0 Å². The second kappa shape index (κ2) is 9.56. The number of aliphatic hydroxyl groups is 1. The fraction of sp³-hybridized carbons (Fsp3) is 0.143. The molecule has 0 spiro atoms. The molecule has 0 aliphatic carbocycles. The standard InChI is InChI=1S/C28H24FN3O3/c1-17-23-10-11-30-24(23)8-9-26(17)35-22-7-3-6-20(14-22)28-31-15-25(32-28)27(34)19-5-2-4-18(12-19)13-21(29)16-33/h2-12,14-16,21,27,30,34H,13H2,1H3,(H,31,32). The molecule has 0 radical (unpaired) electrons. The second-order valence-corrected chi connectivity index (χ2v) is 8.45. The highest BCUT2D eigenvalue weighted by atomic mass is 19.1. The molecule has 0 saturated carbocycles. The number of fused-ring (bicyclic) bond motifs is 1. The fourth-order valence-electron chi connectivity index (χ4n) is 4.17. The number of imidazole rings is 1. The first-order chi connectivity index (χ1) is 17.0. The molecule has 7 heteroatoms. The Balaban J connectivity index is 1.36. The van der Waals surface area contributed by atoms with Crippen LogP contribution in [0, 0.1) is 6.92 Å². The molecule has 2 heterocycles. The van der Waals surface area contributed by atoms with E-state index >= 15 is 0 Å². The van der Waals surface area contributed by atoms with Gasteiger partial charge in [-0.1, -0.05) is 36.4 Å². The van der Waals surface area contributed by atoms with Crippen LogP contribution in [0.25, 0.3) is 22.3 Å². The van der Waals surface area contributed by atoms with Crippen molar-refractivity contribution >= 4 is 17.2 Å². The van der Waals surface area contributed by atoms with Gasteiger partial charge in [0.1, 0.15) is 23.4 Å². The molecule has 0 aliphatic rings. The number of aliphatic hydroxyl groups excluding tert-OH is 1. The van der Waals surface area contributed by atoms with Crippen LogP contribution < -0.4 is 4.74 Å². The molecular formula is C28H24FN3O3. The van der Waals surface area contributed by atoms with Crippen LogP contribution in [0.1, 0.15) is 28.5 Å². The highest BCUT2D eigenvalue weighted by molar-refractivity contribution is 5.85. The van der Waals surface area contributed by atoms with Crippen LogP contribution in [0.15, 0.2) is 79.1 Å². The topological polar surface area (TPSA) is 91.0 Å². The van der Waals surface area contributed by atoms with Crippen LogP contribution in [0.4, 0.5) is 4.39 Å². The molecule has 0 bridgehead atoms. The van der Waals surface area contributed by atoms with E-state index in [2.05, 4.69) is 15.0 Å². The van der Waals surface area contributed by atoms with E-state index in [4.69, 9.17) is 4.74 Å². The lowest BCUT2D eigenvalue weighted by atomic mass is 10.0. The van der Waals surface area contributed by atoms with Crippen molar-refractivity contribution in [2.45, 2.75) is 25.6 Å². The number of hydrogen-bond donors (Lipinski definition) is 3. The van der Waals surface area contributed by atoms with Gasteiger partial charge in [0.05, 0.1) is 11.9 Å². The lowest BCUT2D eigenvalue weighted by Crippen LogP contribution is -2.07. The number of hydrogen-bond acceptors (Lipinski definition) is 4. The normalized spacial score (nSPS) is 13.0. The van der Waals surface area contributed by atoms with Crippen molar-refractivity contribution in [2.24, 2.45) is 0 Å². The molecule has 3 N–H and O–H groups in total. The van der Waals surface area contributed by atoms with E-state index in [9.17, 15) is 14.3 Å². The third kappa shape index (κ3) is 4.72. The fourth-order valence-corrected chi connectivity index (χ4v) is 4.17. The van der Waals surface area contributed by atoms with Gasteiger partial charge in [-0.3, -0.25) is 0 Å². The van der Waals surface area contributed by atoms with Gasteiger partial charge >= 0.3 is 0 Å². The van der Waals surface area contributed by atoms with E-state index in [0.717, 1.165) is 27.8 Å². The van der Waals surface area contributed by atoms with E-state index in [0.29, 0.717) is 28.4 Å². The molecule has 35 heavy (non-hydrogen) atoms. The summed E-state index contributed by atoms with van der Waals surface area (Å²) >= 11 is 0. The number of benzene rings is 3. The number of carbonyl (C=O) groups is 1. The Labute approximate surface area is 201 Å². The maximum Gasteiger partial charge on any atom is 0.159 e. The van der Waals surface area contributed by atoms with Crippen LogP contribution >= 0.6 is 0 Å². The quantitative estimate of drug-likeness (QED) is 0.250. The summed E-state index contributed by atoms with van der Waals surface area (Å²) < 4.78 is 19.6. The summed E-state index contributed by atoms with van der Waals surface area (Å²) in [5.74, 6) is 2.03. The minimum absolute atomic E-state index is 0.0262. The Bertz CT molecular complexity index is 1490. The third-order valence-corrected chi connectivity index (χ3v) is 6.02. The molecule has 176 valence electrons. The number of aromatic nitrogens is 3. The molecule has 5 aromatic rings. The Hall–Kier alpha value is -4.23.